The normalized spacial score (nSPS) is 14.3. The maximum absolute atomic E-state index is 13.9. The summed E-state index contributed by atoms with van der Waals surface area (Å²) in [4.78, 5) is 44.1. The van der Waals surface area contributed by atoms with Gasteiger partial charge in [0, 0.05) is 43.6 Å². The monoisotopic (exact) mass is 532 g/mol. The van der Waals surface area contributed by atoms with Crippen molar-refractivity contribution in [3.63, 3.8) is 0 Å². The Balaban J connectivity index is 1.52. The van der Waals surface area contributed by atoms with Gasteiger partial charge in [-0.15, -0.1) is 0 Å². The molecule has 0 aliphatic carbocycles. The number of nitrogens with one attached hydrogen (secondary N) is 3. The second-order valence-electron chi connectivity index (χ2n) is 8.76. The van der Waals surface area contributed by atoms with Crippen LogP contribution in [0.5, 0.6) is 0 Å². The number of hydrogen-bond acceptors (Lipinski definition) is 4. The molecule has 200 valence electrons. The number of aromatic amines is 1. The molecule has 1 aromatic heterocycles. The minimum Gasteiger partial charge on any atom is -0.364 e. The fraction of sp³-hybridized carbons (Fsp3) is 0.240. The van der Waals surface area contributed by atoms with Crippen molar-refractivity contribution >= 4 is 29.2 Å². The highest BCUT2D eigenvalue weighted by Crippen LogP contribution is 2.32. The van der Waals surface area contributed by atoms with E-state index in [1.807, 2.05) is 7.05 Å². The Bertz CT molecular complexity index is 1360. The van der Waals surface area contributed by atoms with Crippen LogP contribution in [0, 0.1) is 5.82 Å². The molecular formula is C25H24F4N6O3. The molecule has 13 heteroatoms. The smallest absolute Gasteiger partial charge is 0.364 e. The van der Waals surface area contributed by atoms with Gasteiger partial charge in [0.2, 0.25) is 0 Å². The van der Waals surface area contributed by atoms with E-state index < -0.39 is 35.2 Å². The van der Waals surface area contributed by atoms with Crippen LogP contribution in [0.3, 0.4) is 0 Å². The predicted octanol–water partition coefficient (Wildman–Crippen LogP) is 3.97. The van der Waals surface area contributed by atoms with Crippen LogP contribution in [0.2, 0.25) is 0 Å². The van der Waals surface area contributed by atoms with Crippen LogP contribution in [0.25, 0.3) is 11.1 Å². The highest BCUT2D eigenvalue weighted by atomic mass is 19.4. The number of amides is 4. The Morgan fingerprint density at radius 3 is 2.24 bits per heavy atom. The number of carbonyl (C=O) groups excluding carboxylic acids is 3. The van der Waals surface area contributed by atoms with E-state index >= 15 is 0 Å². The lowest BCUT2D eigenvalue weighted by atomic mass is 9.99. The molecule has 9 nitrogen and oxygen atoms in total. The van der Waals surface area contributed by atoms with Gasteiger partial charge in [0.05, 0.1) is 16.8 Å². The molecular weight excluding hydrogens is 508 g/mol. The van der Waals surface area contributed by atoms with Crippen molar-refractivity contribution in [1.82, 2.24) is 14.8 Å². The molecule has 38 heavy (non-hydrogen) atoms. The Kier molecular flexibility index (Phi) is 7.39. The van der Waals surface area contributed by atoms with Gasteiger partial charge in [-0.25, -0.2) is 9.18 Å². The molecule has 0 radical (unpaired) electrons. The number of nitrogens with zero attached hydrogens (tertiary/aromatic N) is 2. The van der Waals surface area contributed by atoms with Gasteiger partial charge < -0.3 is 31.2 Å². The third kappa shape index (κ3) is 5.78. The summed E-state index contributed by atoms with van der Waals surface area (Å²) in [5.74, 6) is -2.06. The number of hydrogen-bond donors (Lipinski definition) is 4. The average molecular weight is 532 g/mol. The molecule has 4 rings (SSSR count). The van der Waals surface area contributed by atoms with Crippen LogP contribution >= 0.6 is 0 Å². The average Bonchev–Trinajstić information content (AvgIpc) is 3.31. The molecule has 2 heterocycles. The van der Waals surface area contributed by atoms with E-state index in [1.165, 1.54) is 30.5 Å². The molecule has 1 aliphatic rings. The molecule has 3 aromatic rings. The van der Waals surface area contributed by atoms with Crippen molar-refractivity contribution in [1.29, 1.82) is 0 Å². The second-order valence-corrected chi connectivity index (χ2v) is 8.76. The molecule has 1 saturated heterocycles. The number of primary amides is 1. The molecule has 4 amide bonds. The van der Waals surface area contributed by atoms with Gasteiger partial charge in [-0.3, -0.25) is 9.59 Å². The highest BCUT2D eigenvalue weighted by Gasteiger charge is 2.31. The molecule has 5 N–H and O–H groups in total. The Hall–Kier alpha value is -4.39. The fourth-order valence-electron chi connectivity index (χ4n) is 4.07. The largest absolute Gasteiger partial charge is 0.416 e. The van der Waals surface area contributed by atoms with Crippen LogP contribution < -0.4 is 16.4 Å². The van der Waals surface area contributed by atoms with Crippen molar-refractivity contribution in [2.75, 3.05) is 43.9 Å². The minimum absolute atomic E-state index is 0.0425. The van der Waals surface area contributed by atoms with E-state index in [1.54, 1.807) is 4.90 Å². The minimum atomic E-state index is -4.71. The van der Waals surface area contributed by atoms with E-state index in [0.29, 0.717) is 55.5 Å². The van der Waals surface area contributed by atoms with E-state index in [4.69, 9.17) is 5.73 Å². The van der Waals surface area contributed by atoms with Crippen molar-refractivity contribution in [2.45, 2.75) is 6.18 Å². The molecule has 0 saturated carbocycles. The number of halogens is 4. The summed E-state index contributed by atoms with van der Waals surface area (Å²) in [6.07, 6.45) is -3.28. The zero-order chi connectivity index (χ0) is 27.6. The molecule has 0 atom stereocenters. The zero-order valence-electron chi connectivity index (χ0n) is 20.2. The van der Waals surface area contributed by atoms with Crippen molar-refractivity contribution in [3.05, 3.63) is 71.3 Å². The number of carbonyl (C=O) groups is 3. The SMILES string of the molecule is CN1CCN(C(=O)c2c[nH]c(C(N)=O)c2-c2ccc(NC(=O)Nc3cc(C(F)(F)F)ccc3F)cc2)CC1. The number of nitrogens with two attached hydrogens (primary N) is 1. The molecule has 0 unspecified atom stereocenters. The molecule has 1 fully saturated rings. The maximum atomic E-state index is 13.9. The van der Waals surface area contributed by atoms with Crippen LogP contribution in [-0.4, -0.2) is 65.9 Å². The number of benzene rings is 2. The van der Waals surface area contributed by atoms with E-state index in [-0.39, 0.29) is 22.9 Å². The maximum Gasteiger partial charge on any atom is 0.416 e. The number of piperazine rings is 1. The summed E-state index contributed by atoms with van der Waals surface area (Å²) in [6.45, 7) is 2.47. The van der Waals surface area contributed by atoms with Crippen molar-refractivity contribution < 1.29 is 31.9 Å². The molecule has 0 bridgehead atoms. The first kappa shape index (κ1) is 26.7. The van der Waals surface area contributed by atoms with E-state index in [9.17, 15) is 31.9 Å². The number of aromatic nitrogens is 1. The number of likely N-dealkylation sites (N-methyl/N-ethyl adjacent to an activating group) is 1. The van der Waals surface area contributed by atoms with Crippen LogP contribution in [-0.2, 0) is 6.18 Å². The molecule has 2 aromatic carbocycles. The number of urea groups is 1. The lowest BCUT2D eigenvalue weighted by molar-refractivity contribution is -0.137. The van der Waals surface area contributed by atoms with Crippen molar-refractivity contribution in [2.24, 2.45) is 5.73 Å². The van der Waals surface area contributed by atoms with Gasteiger partial charge in [-0.2, -0.15) is 13.2 Å². The summed E-state index contributed by atoms with van der Waals surface area (Å²) in [5.41, 5.74) is 5.07. The predicted molar refractivity (Wildman–Crippen MR) is 132 cm³/mol. The lowest BCUT2D eigenvalue weighted by Gasteiger charge is -2.32. The van der Waals surface area contributed by atoms with E-state index in [2.05, 4.69) is 20.5 Å². The summed E-state index contributed by atoms with van der Waals surface area (Å²) in [7, 11) is 1.96. The zero-order valence-corrected chi connectivity index (χ0v) is 20.2. The Labute approximate surface area is 214 Å². The first-order valence-corrected chi connectivity index (χ1v) is 11.5. The molecule has 1 aliphatic heterocycles. The number of anilines is 2. The lowest BCUT2D eigenvalue weighted by Crippen LogP contribution is -2.47. The van der Waals surface area contributed by atoms with Crippen LogP contribution in [0.4, 0.5) is 33.7 Å². The summed E-state index contributed by atoms with van der Waals surface area (Å²) >= 11 is 0. The van der Waals surface area contributed by atoms with E-state index in [0.717, 1.165) is 0 Å². The van der Waals surface area contributed by atoms with Crippen molar-refractivity contribution in [3.8, 4) is 11.1 Å². The summed E-state index contributed by atoms with van der Waals surface area (Å²) in [6, 6.07) is 6.70. The summed E-state index contributed by atoms with van der Waals surface area (Å²) in [5, 5.41) is 4.46. The van der Waals surface area contributed by atoms with Crippen LogP contribution in [0.15, 0.2) is 48.7 Å². The highest BCUT2D eigenvalue weighted by molar-refractivity contribution is 6.08. The number of H-pyrrole nitrogens is 1. The quantitative estimate of drug-likeness (QED) is 0.371. The fourth-order valence-corrected chi connectivity index (χ4v) is 4.07. The van der Waals surface area contributed by atoms with Gasteiger partial charge in [0.1, 0.15) is 11.5 Å². The number of alkyl halides is 3. The summed E-state index contributed by atoms with van der Waals surface area (Å²) < 4.78 is 52.7. The number of rotatable bonds is 5. The third-order valence-corrected chi connectivity index (χ3v) is 6.12. The van der Waals surface area contributed by atoms with Crippen LogP contribution in [0.1, 0.15) is 26.4 Å². The second kappa shape index (κ2) is 10.5. The topological polar surface area (TPSA) is 124 Å². The van der Waals surface area contributed by atoms with Gasteiger partial charge in [-0.1, -0.05) is 12.1 Å². The molecule has 0 spiro atoms. The first-order valence-electron chi connectivity index (χ1n) is 11.5. The Morgan fingerprint density at radius 2 is 1.63 bits per heavy atom. The van der Waals surface area contributed by atoms with Gasteiger partial charge in [0.15, 0.2) is 0 Å². The van der Waals surface area contributed by atoms with Gasteiger partial charge in [-0.05, 0) is 42.9 Å². The van der Waals surface area contributed by atoms with Gasteiger partial charge >= 0.3 is 12.2 Å². The standard InChI is InChI=1S/C25H24F4N6O3/c1-34-8-10-35(11-9-34)23(37)17-13-31-21(22(30)36)20(17)14-2-5-16(6-3-14)32-24(38)33-19-12-15(25(27,28)29)4-7-18(19)26/h2-7,12-13,31H,8-11H2,1H3,(H2,30,36)(H2,32,33,38). The third-order valence-electron chi connectivity index (χ3n) is 6.12. The Morgan fingerprint density at radius 1 is 0.974 bits per heavy atom. The van der Waals surface area contributed by atoms with Gasteiger partial charge in [0.25, 0.3) is 11.8 Å². The first-order chi connectivity index (χ1) is 17.9.